The van der Waals surface area contributed by atoms with E-state index in [1.165, 1.54) is 0 Å². The van der Waals surface area contributed by atoms with Gasteiger partial charge in [0.2, 0.25) is 0 Å². The lowest BCUT2D eigenvalue weighted by Gasteiger charge is -2.18. The van der Waals surface area contributed by atoms with E-state index in [0.29, 0.717) is 6.54 Å². The maximum Gasteiger partial charge on any atom is 0.317 e. The van der Waals surface area contributed by atoms with E-state index < -0.39 is 5.97 Å². The van der Waals surface area contributed by atoms with Gasteiger partial charge in [-0.3, -0.25) is 9.69 Å². The first-order chi connectivity index (χ1) is 7.49. The van der Waals surface area contributed by atoms with Gasteiger partial charge in [0.25, 0.3) is 0 Å². The number of hydrogen-bond donors (Lipinski definition) is 2. The number of fused-ring (bicyclic) bond motifs is 1. The average molecular weight is 221 g/mol. The Morgan fingerprint density at radius 2 is 2.25 bits per heavy atom. The first-order valence-electron chi connectivity index (χ1n) is 5.27. The molecule has 1 atom stereocenters. The minimum Gasteiger partial charge on any atom is -0.508 e. The standard InChI is InChI=1S/C12H15NO3/c1-7-3-9-8(2)13(6-12(15)16)5-10(9)11(14)4-7/h3-4,8,14H,5-6H2,1-2H3,(H,15,16). The fourth-order valence-corrected chi connectivity index (χ4v) is 2.27. The second-order valence-electron chi connectivity index (χ2n) is 4.33. The van der Waals surface area contributed by atoms with Crippen molar-refractivity contribution in [2.45, 2.75) is 26.4 Å². The quantitative estimate of drug-likeness (QED) is 0.797. The molecular weight excluding hydrogens is 206 g/mol. The summed E-state index contributed by atoms with van der Waals surface area (Å²) in [5.41, 5.74) is 2.90. The number of nitrogens with zero attached hydrogens (tertiary/aromatic N) is 1. The maximum atomic E-state index is 10.7. The molecule has 2 rings (SSSR count). The zero-order chi connectivity index (χ0) is 11.9. The van der Waals surface area contributed by atoms with Gasteiger partial charge in [0, 0.05) is 18.2 Å². The van der Waals surface area contributed by atoms with Gasteiger partial charge in [-0.2, -0.15) is 0 Å². The smallest absolute Gasteiger partial charge is 0.317 e. The van der Waals surface area contributed by atoms with Gasteiger partial charge in [-0.1, -0.05) is 6.07 Å². The Bertz CT molecular complexity index is 442. The molecular formula is C12H15NO3. The minimum atomic E-state index is -0.837. The molecule has 1 aromatic rings. The van der Waals surface area contributed by atoms with Crippen LogP contribution in [0, 0.1) is 6.92 Å². The second kappa shape index (κ2) is 3.79. The molecule has 0 aliphatic carbocycles. The molecule has 0 bridgehead atoms. The molecule has 0 saturated carbocycles. The Labute approximate surface area is 94.1 Å². The monoisotopic (exact) mass is 221 g/mol. The molecule has 1 heterocycles. The van der Waals surface area contributed by atoms with Crippen molar-refractivity contribution in [3.05, 3.63) is 28.8 Å². The van der Waals surface area contributed by atoms with Gasteiger partial charge in [-0.25, -0.2) is 0 Å². The summed E-state index contributed by atoms with van der Waals surface area (Å²) < 4.78 is 0. The van der Waals surface area contributed by atoms with Gasteiger partial charge in [0.1, 0.15) is 5.75 Å². The summed E-state index contributed by atoms with van der Waals surface area (Å²) >= 11 is 0. The van der Waals surface area contributed by atoms with E-state index in [-0.39, 0.29) is 18.3 Å². The summed E-state index contributed by atoms with van der Waals surface area (Å²) in [6, 6.07) is 3.79. The first kappa shape index (κ1) is 11.0. The predicted molar refractivity (Wildman–Crippen MR) is 59.3 cm³/mol. The fourth-order valence-electron chi connectivity index (χ4n) is 2.27. The van der Waals surface area contributed by atoms with Crippen molar-refractivity contribution in [1.29, 1.82) is 0 Å². The number of carbonyl (C=O) groups is 1. The van der Waals surface area contributed by atoms with Crippen LogP contribution in [0.2, 0.25) is 0 Å². The van der Waals surface area contributed by atoms with Crippen LogP contribution in [0.3, 0.4) is 0 Å². The lowest BCUT2D eigenvalue weighted by atomic mass is 10.0. The number of aromatic hydroxyl groups is 1. The normalized spacial score (nSPS) is 19.8. The van der Waals surface area contributed by atoms with Crippen LogP contribution >= 0.6 is 0 Å². The van der Waals surface area contributed by atoms with Crippen LogP contribution < -0.4 is 0 Å². The van der Waals surface area contributed by atoms with Crippen molar-refractivity contribution < 1.29 is 15.0 Å². The van der Waals surface area contributed by atoms with Crippen LogP contribution in [-0.4, -0.2) is 27.6 Å². The molecule has 0 amide bonds. The predicted octanol–water partition coefficient (Wildman–Crippen LogP) is 1.66. The molecule has 0 fully saturated rings. The molecule has 0 saturated heterocycles. The zero-order valence-electron chi connectivity index (χ0n) is 9.40. The van der Waals surface area contributed by atoms with Crippen molar-refractivity contribution in [3.8, 4) is 5.75 Å². The highest BCUT2D eigenvalue weighted by Crippen LogP contribution is 2.38. The molecule has 1 aromatic carbocycles. The number of benzene rings is 1. The summed E-state index contributed by atoms with van der Waals surface area (Å²) in [4.78, 5) is 12.5. The van der Waals surface area contributed by atoms with Gasteiger partial charge in [-0.15, -0.1) is 0 Å². The van der Waals surface area contributed by atoms with Crippen molar-refractivity contribution in [3.63, 3.8) is 0 Å². The third-order valence-corrected chi connectivity index (χ3v) is 3.10. The van der Waals surface area contributed by atoms with E-state index in [4.69, 9.17) is 5.11 Å². The number of rotatable bonds is 2. The highest BCUT2D eigenvalue weighted by molar-refractivity contribution is 5.69. The van der Waals surface area contributed by atoms with Crippen LogP contribution in [0.4, 0.5) is 0 Å². The molecule has 2 N–H and O–H groups in total. The Kier molecular flexibility index (Phi) is 2.59. The molecule has 4 nitrogen and oxygen atoms in total. The molecule has 4 heteroatoms. The van der Waals surface area contributed by atoms with Crippen LogP contribution in [0.5, 0.6) is 5.75 Å². The second-order valence-corrected chi connectivity index (χ2v) is 4.33. The van der Waals surface area contributed by atoms with E-state index in [0.717, 1.165) is 16.7 Å². The van der Waals surface area contributed by atoms with Crippen LogP contribution in [0.15, 0.2) is 12.1 Å². The third-order valence-electron chi connectivity index (χ3n) is 3.10. The average Bonchev–Trinajstić information content (AvgIpc) is 2.45. The van der Waals surface area contributed by atoms with Gasteiger partial charge < -0.3 is 10.2 Å². The largest absolute Gasteiger partial charge is 0.508 e. The van der Waals surface area contributed by atoms with E-state index in [9.17, 15) is 9.90 Å². The molecule has 1 unspecified atom stereocenters. The molecule has 0 spiro atoms. The Hall–Kier alpha value is -1.55. The van der Waals surface area contributed by atoms with E-state index in [1.807, 2.05) is 24.8 Å². The number of carboxylic acid groups (broad SMARTS) is 1. The molecule has 1 aliphatic rings. The zero-order valence-corrected chi connectivity index (χ0v) is 9.40. The Morgan fingerprint density at radius 1 is 1.56 bits per heavy atom. The topological polar surface area (TPSA) is 60.8 Å². The van der Waals surface area contributed by atoms with Crippen molar-refractivity contribution in [1.82, 2.24) is 4.90 Å². The summed E-state index contributed by atoms with van der Waals surface area (Å²) in [5, 5.41) is 18.6. The lowest BCUT2D eigenvalue weighted by molar-refractivity contribution is -0.138. The fraction of sp³-hybridized carbons (Fsp3) is 0.417. The third kappa shape index (κ3) is 1.76. The van der Waals surface area contributed by atoms with Crippen molar-refractivity contribution in [2.75, 3.05) is 6.54 Å². The summed E-state index contributed by atoms with van der Waals surface area (Å²) in [5.74, 6) is -0.564. The highest BCUT2D eigenvalue weighted by Gasteiger charge is 2.30. The summed E-state index contributed by atoms with van der Waals surface area (Å²) in [6.45, 7) is 4.41. The SMILES string of the molecule is Cc1cc(O)c2c(c1)C(C)N(CC(=O)O)C2. The molecule has 1 aliphatic heterocycles. The summed E-state index contributed by atoms with van der Waals surface area (Å²) in [7, 11) is 0. The minimum absolute atomic E-state index is 0.00827. The molecule has 0 aromatic heterocycles. The molecule has 16 heavy (non-hydrogen) atoms. The number of aliphatic carboxylic acids is 1. The summed E-state index contributed by atoms with van der Waals surface area (Å²) in [6.07, 6.45) is 0. The van der Waals surface area contributed by atoms with Crippen molar-refractivity contribution >= 4 is 5.97 Å². The van der Waals surface area contributed by atoms with E-state index in [1.54, 1.807) is 6.07 Å². The number of phenolic OH excluding ortho intramolecular Hbond substituents is 1. The van der Waals surface area contributed by atoms with Crippen LogP contribution in [-0.2, 0) is 11.3 Å². The maximum absolute atomic E-state index is 10.7. The number of hydrogen-bond acceptors (Lipinski definition) is 3. The number of aryl methyl sites for hydroxylation is 1. The van der Waals surface area contributed by atoms with Gasteiger partial charge >= 0.3 is 5.97 Å². The highest BCUT2D eigenvalue weighted by atomic mass is 16.4. The van der Waals surface area contributed by atoms with Crippen molar-refractivity contribution in [2.24, 2.45) is 0 Å². The molecule has 0 radical (unpaired) electrons. The van der Waals surface area contributed by atoms with E-state index >= 15 is 0 Å². The van der Waals surface area contributed by atoms with E-state index in [2.05, 4.69) is 0 Å². The molecule has 86 valence electrons. The number of carboxylic acids is 1. The van der Waals surface area contributed by atoms with Gasteiger partial charge in [0.05, 0.1) is 6.54 Å². The van der Waals surface area contributed by atoms with Gasteiger partial charge in [0.15, 0.2) is 0 Å². The number of phenols is 1. The first-order valence-corrected chi connectivity index (χ1v) is 5.27. The Morgan fingerprint density at radius 3 is 2.88 bits per heavy atom. The van der Waals surface area contributed by atoms with Crippen LogP contribution in [0.1, 0.15) is 29.7 Å². The van der Waals surface area contributed by atoms with Gasteiger partial charge in [-0.05, 0) is 31.0 Å². The van der Waals surface area contributed by atoms with Crippen LogP contribution in [0.25, 0.3) is 0 Å². The Balaban J connectivity index is 2.34. The lowest BCUT2D eigenvalue weighted by Crippen LogP contribution is -2.26.